The van der Waals surface area contributed by atoms with Gasteiger partial charge in [-0.25, -0.2) is 0 Å². The summed E-state index contributed by atoms with van der Waals surface area (Å²) in [6.07, 6.45) is 2.51. The van der Waals surface area contributed by atoms with Gasteiger partial charge in [0.05, 0.1) is 19.3 Å². The lowest BCUT2D eigenvalue weighted by Gasteiger charge is -2.20. The van der Waals surface area contributed by atoms with Crippen LogP contribution in [0.1, 0.15) is 12.8 Å². The summed E-state index contributed by atoms with van der Waals surface area (Å²) in [7, 11) is 0. The number of aliphatic hydroxyl groups is 1. The van der Waals surface area contributed by atoms with Crippen molar-refractivity contribution in [1.82, 2.24) is 0 Å². The van der Waals surface area contributed by atoms with Crippen LogP contribution in [0.15, 0.2) is 0 Å². The lowest BCUT2D eigenvalue weighted by atomic mass is 9.82. The van der Waals surface area contributed by atoms with E-state index in [-0.39, 0.29) is 6.10 Å². The highest BCUT2D eigenvalue weighted by Gasteiger charge is 2.55. The number of hydrogen-bond acceptors (Lipinski definition) is 2. The first-order valence-electron chi connectivity index (χ1n) is 4.64. The molecular formula is C9H14O2. The van der Waals surface area contributed by atoms with E-state index < -0.39 is 0 Å². The van der Waals surface area contributed by atoms with Crippen LogP contribution >= 0.6 is 0 Å². The fourth-order valence-electron chi connectivity index (χ4n) is 3.45. The summed E-state index contributed by atoms with van der Waals surface area (Å²) < 4.78 is 5.43. The zero-order valence-corrected chi connectivity index (χ0v) is 6.57. The van der Waals surface area contributed by atoms with Crippen molar-refractivity contribution in [3.8, 4) is 0 Å². The first-order chi connectivity index (χ1) is 5.38. The summed E-state index contributed by atoms with van der Waals surface area (Å²) in [6.45, 7) is 1.84. The molecule has 3 aliphatic rings. The number of hydrogen-bond donors (Lipinski definition) is 1. The zero-order chi connectivity index (χ0) is 7.42. The Balaban J connectivity index is 1.94. The molecule has 3 fully saturated rings. The van der Waals surface area contributed by atoms with Crippen molar-refractivity contribution in [3.63, 3.8) is 0 Å². The highest BCUT2D eigenvalue weighted by molar-refractivity contribution is 5.04. The molecule has 2 bridgehead atoms. The average Bonchev–Trinajstić information content (AvgIpc) is 2.61. The predicted octanol–water partition coefficient (Wildman–Crippen LogP) is 0.650. The molecule has 0 aromatic carbocycles. The maximum atomic E-state index is 9.78. The molecule has 0 radical (unpaired) electrons. The van der Waals surface area contributed by atoms with Crippen LogP contribution < -0.4 is 0 Å². The number of ether oxygens (including phenoxy) is 1. The molecule has 62 valence electrons. The monoisotopic (exact) mass is 154 g/mol. The summed E-state index contributed by atoms with van der Waals surface area (Å²) in [5.41, 5.74) is 0. The molecule has 0 amide bonds. The fourth-order valence-corrected chi connectivity index (χ4v) is 3.45. The van der Waals surface area contributed by atoms with Crippen molar-refractivity contribution in [2.24, 2.45) is 23.7 Å². The molecule has 5 atom stereocenters. The van der Waals surface area contributed by atoms with E-state index in [4.69, 9.17) is 4.74 Å². The van der Waals surface area contributed by atoms with Crippen LogP contribution in [0.4, 0.5) is 0 Å². The van der Waals surface area contributed by atoms with Gasteiger partial charge in [0.2, 0.25) is 0 Å². The lowest BCUT2D eigenvalue weighted by Crippen LogP contribution is -2.19. The van der Waals surface area contributed by atoms with Crippen LogP contribution in [0.5, 0.6) is 0 Å². The normalized spacial score (nSPS) is 60.3. The standard InChI is InChI=1S/C9H14O2/c10-9-5-1-2-6(9)8-4-11-3-7(5)8/h5-10H,1-4H2/t5-,6+,7+,8-,9?. The smallest absolute Gasteiger partial charge is 0.0603 e. The van der Waals surface area contributed by atoms with E-state index >= 15 is 0 Å². The molecule has 2 nitrogen and oxygen atoms in total. The zero-order valence-electron chi connectivity index (χ0n) is 6.57. The van der Waals surface area contributed by atoms with E-state index in [1.165, 1.54) is 12.8 Å². The van der Waals surface area contributed by atoms with Gasteiger partial charge in [-0.15, -0.1) is 0 Å². The Kier molecular flexibility index (Phi) is 1.16. The van der Waals surface area contributed by atoms with Gasteiger partial charge >= 0.3 is 0 Å². The van der Waals surface area contributed by atoms with Gasteiger partial charge in [0, 0.05) is 0 Å². The molecule has 1 heterocycles. The molecule has 1 saturated heterocycles. The molecule has 1 aliphatic heterocycles. The quantitative estimate of drug-likeness (QED) is 0.555. The maximum Gasteiger partial charge on any atom is 0.0603 e. The largest absolute Gasteiger partial charge is 0.393 e. The second kappa shape index (κ2) is 1.99. The SMILES string of the molecule is OC1[C@H]2CC[C@@H]1[C@@H]1COC[C@@H]12. The Morgan fingerprint density at radius 2 is 1.45 bits per heavy atom. The minimum absolute atomic E-state index is 0.0221. The van der Waals surface area contributed by atoms with E-state index in [2.05, 4.69) is 0 Å². The van der Waals surface area contributed by atoms with Crippen LogP contribution in [0.3, 0.4) is 0 Å². The van der Waals surface area contributed by atoms with Gasteiger partial charge in [-0.3, -0.25) is 0 Å². The van der Waals surface area contributed by atoms with E-state index in [0.717, 1.165) is 13.2 Å². The second-order valence-corrected chi connectivity index (χ2v) is 4.26. The Bertz CT molecular complexity index is 153. The third kappa shape index (κ3) is 0.651. The minimum Gasteiger partial charge on any atom is -0.393 e. The Labute approximate surface area is 66.5 Å². The number of rotatable bonds is 0. The van der Waals surface area contributed by atoms with Crippen molar-refractivity contribution in [3.05, 3.63) is 0 Å². The lowest BCUT2D eigenvalue weighted by molar-refractivity contribution is 0.0808. The first-order valence-corrected chi connectivity index (χ1v) is 4.64. The fraction of sp³-hybridized carbons (Fsp3) is 1.00. The molecule has 11 heavy (non-hydrogen) atoms. The Hall–Kier alpha value is -0.0800. The Morgan fingerprint density at radius 1 is 0.909 bits per heavy atom. The first kappa shape index (κ1) is 6.44. The molecule has 0 aromatic rings. The number of fused-ring (bicyclic) bond motifs is 5. The van der Waals surface area contributed by atoms with Crippen molar-refractivity contribution in [1.29, 1.82) is 0 Å². The highest BCUT2D eigenvalue weighted by Crippen LogP contribution is 2.54. The van der Waals surface area contributed by atoms with Crippen LogP contribution in [-0.4, -0.2) is 24.4 Å². The highest BCUT2D eigenvalue weighted by atomic mass is 16.5. The molecule has 2 saturated carbocycles. The Morgan fingerprint density at radius 3 is 2.00 bits per heavy atom. The van der Waals surface area contributed by atoms with Gasteiger partial charge in [-0.05, 0) is 36.5 Å². The van der Waals surface area contributed by atoms with Crippen LogP contribution in [0.2, 0.25) is 0 Å². The molecule has 0 spiro atoms. The van der Waals surface area contributed by atoms with Crippen LogP contribution in [0.25, 0.3) is 0 Å². The van der Waals surface area contributed by atoms with Gasteiger partial charge < -0.3 is 9.84 Å². The minimum atomic E-state index is 0.0221. The molecule has 0 aromatic heterocycles. The van der Waals surface area contributed by atoms with E-state index in [1.54, 1.807) is 0 Å². The van der Waals surface area contributed by atoms with Crippen molar-refractivity contribution in [2.45, 2.75) is 18.9 Å². The predicted molar refractivity (Wildman–Crippen MR) is 40.0 cm³/mol. The van der Waals surface area contributed by atoms with Crippen molar-refractivity contribution < 1.29 is 9.84 Å². The maximum absolute atomic E-state index is 9.78. The van der Waals surface area contributed by atoms with Gasteiger partial charge in [0.1, 0.15) is 0 Å². The van der Waals surface area contributed by atoms with Crippen molar-refractivity contribution >= 4 is 0 Å². The molecule has 2 aliphatic carbocycles. The van der Waals surface area contributed by atoms with Crippen molar-refractivity contribution in [2.75, 3.05) is 13.2 Å². The summed E-state index contributed by atoms with van der Waals surface area (Å²) in [5, 5.41) is 9.78. The van der Waals surface area contributed by atoms with Gasteiger partial charge in [-0.1, -0.05) is 0 Å². The van der Waals surface area contributed by atoms with E-state index in [1.807, 2.05) is 0 Å². The van der Waals surface area contributed by atoms with Gasteiger partial charge in [-0.2, -0.15) is 0 Å². The molecule has 1 N–H and O–H groups in total. The van der Waals surface area contributed by atoms with Crippen LogP contribution in [-0.2, 0) is 4.74 Å². The average molecular weight is 154 g/mol. The summed E-state index contributed by atoms with van der Waals surface area (Å²) in [4.78, 5) is 0. The van der Waals surface area contributed by atoms with Gasteiger partial charge in [0.15, 0.2) is 0 Å². The number of aliphatic hydroxyl groups excluding tert-OH is 1. The van der Waals surface area contributed by atoms with E-state index in [9.17, 15) is 5.11 Å². The molecule has 3 rings (SSSR count). The topological polar surface area (TPSA) is 29.5 Å². The second-order valence-electron chi connectivity index (χ2n) is 4.26. The molecule has 1 unspecified atom stereocenters. The third-order valence-corrected chi connectivity index (χ3v) is 3.98. The van der Waals surface area contributed by atoms with Crippen LogP contribution in [0, 0.1) is 23.7 Å². The van der Waals surface area contributed by atoms with Gasteiger partial charge in [0.25, 0.3) is 0 Å². The molecular weight excluding hydrogens is 140 g/mol. The van der Waals surface area contributed by atoms with E-state index in [0.29, 0.717) is 23.7 Å². The summed E-state index contributed by atoms with van der Waals surface area (Å²) in [5.74, 6) is 2.60. The third-order valence-electron chi connectivity index (χ3n) is 3.98. The molecule has 2 heteroatoms. The summed E-state index contributed by atoms with van der Waals surface area (Å²) >= 11 is 0. The summed E-state index contributed by atoms with van der Waals surface area (Å²) in [6, 6.07) is 0.